The summed E-state index contributed by atoms with van der Waals surface area (Å²) >= 11 is 6.07. The summed E-state index contributed by atoms with van der Waals surface area (Å²) in [6.07, 6.45) is 5.19. The Balaban J connectivity index is 1.36. The Hall–Kier alpha value is -2.08. The third-order valence-electron chi connectivity index (χ3n) is 6.88. The maximum atomic E-state index is 13.4. The van der Waals surface area contributed by atoms with Gasteiger partial charge in [0, 0.05) is 36.5 Å². The molecule has 32 heavy (non-hydrogen) atoms. The molecule has 4 rings (SSSR count). The van der Waals surface area contributed by atoms with Crippen molar-refractivity contribution in [2.24, 2.45) is 0 Å². The van der Waals surface area contributed by atoms with Crippen molar-refractivity contribution < 1.29 is 14.3 Å². The molecule has 2 heterocycles. The lowest BCUT2D eigenvalue weighted by Crippen LogP contribution is -2.44. The summed E-state index contributed by atoms with van der Waals surface area (Å²) in [7, 11) is 0. The van der Waals surface area contributed by atoms with Gasteiger partial charge >= 0.3 is 0 Å². The Morgan fingerprint density at radius 2 is 1.84 bits per heavy atom. The minimum atomic E-state index is -0.608. The Morgan fingerprint density at radius 1 is 1.12 bits per heavy atom. The fraction of sp³-hybridized carbons (Fsp3) is 0.500. The van der Waals surface area contributed by atoms with Gasteiger partial charge in [0.25, 0.3) is 0 Å². The number of rotatable bonds is 7. The third kappa shape index (κ3) is 5.45. The maximum absolute atomic E-state index is 13.4. The number of ether oxygens (including phenoxy) is 2. The number of piperidine rings is 1. The van der Waals surface area contributed by atoms with E-state index in [9.17, 15) is 4.79 Å². The Morgan fingerprint density at radius 3 is 2.53 bits per heavy atom. The van der Waals surface area contributed by atoms with Gasteiger partial charge in [-0.3, -0.25) is 9.69 Å². The highest BCUT2D eigenvalue weighted by atomic mass is 35.5. The zero-order valence-corrected chi connectivity index (χ0v) is 19.6. The van der Waals surface area contributed by atoms with Gasteiger partial charge in [-0.15, -0.1) is 0 Å². The van der Waals surface area contributed by atoms with Crippen molar-refractivity contribution in [1.29, 1.82) is 0 Å². The van der Waals surface area contributed by atoms with E-state index in [1.807, 2.05) is 48.5 Å². The summed E-state index contributed by atoms with van der Waals surface area (Å²) in [5, 5.41) is 3.78. The molecule has 0 saturated carbocycles. The average Bonchev–Trinajstić information content (AvgIpc) is 2.82. The fourth-order valence-corrected chi connectivity index (χ4v) is 4.92. The van der Waals surface area contributed by atoms with Crippen LogP contribution in [0, 0.1) is 0 Å². The zero-order chi connectivity index (χ0) is 22.4. The molecule has 0 spiro atoms. The summed E-state index contributed by atoms with van der Waals surface area (Å²) in [5.41, 5.74) is 1.14. The average molecular weight is 457 g/mol. The van der Waals surface area contributed by atoms with Gasteiger partial charge in [-0.2, -0.15) is 0 Å². The van der Waals surface area contributed by atoms with Gasteiger partial charge in [-0.1, -0.05) is 30.2 Å². The number of amides is 1. The molecule has 2 aliphatic heterocycles. The molecule has 0 aliphatic carbocycles. The molecule has 5 nitrogen and oxygen atoms in total. The maximum Gasteiger partial charge on any atom is 0.235 e. The van der Waals surface area contributed by atoms with Crippen molar-refractivity contribution in [3.05, 3.63) is 59.1 Å². The van der Waals surface area contributed by atoms with Gasteiger partial charge in [-0.05, 0) is 81.1 Å². The highest BCUT2D eigenvalue weighted by Gasteiger charge is 2.41. The van der Waals surface area contributed by atoms with Crippen LogP contribution in [0.2, 0.25) is 5.02 Å². The van der Waals surface area contributed by atoms with Crippen molar-refractivity contribution in [3.63, 3.8) is 0 Å². The smallest absolute Gasteiger partial charge is 0.235 e. The first kappa shape index (κ1) is 23.1. The van der Waals surface area contributed by atoms with E-state index in [0.717, 1.165) is 30.1 Å². The number of nitrogens with one attached hydrogen (secondary N) is 1. The van der Waals surface area contributed by atoms with Crippen molar-refractivity contribution >= 4 is 23.2 Å². The molecule has 2 fully saturated rings. The van der Waals surface area contributed by atoms with Gasteiger partial charge in [0.1, 0.15) is 12.4 Å². The van der Waals surface area contributed by atoms with E-state index in [1.165, 1.54) is 19.3 Å². The summed E-state index contributed by atoms with van der Waals surface area (Å²) < 4.78 is 11.5. The molecule has 1 amide bonds. The van der Waals surface area contributed by atoms with Crippen LogP contribution in [0.25, 0.3) is 0 Å². The Labute approximate surface area is 196 Å². The number of anilines is 1. The van der Waals surface area contributed by atoms with Crippen LogP contribution in [0.1, 0.15) is 44.6 Å². The summed E-state index contributed by atoms with van der Waals surface area (Å²) in [6.45, 7) is 6.22. The van der Waals surface area contributed by atoms with Crippen LogP contribution < -0.4 is 10.1 Å². The van der Waals surface area contributed by atoms with Crippen LogP contribution in [0.5, 0.6) is 5.75 Å². The first-order valence-corrected chi connectivity index (χ1v) is 12.1. The topological polar surface area (TPSA) is 50.8 Å². The lowest BCUT2D eigenvalue weighted by molar-refractivity contribution is -0.125. The largest absolute Gasteiger partial charge is 0.492 e. The fourth-order valence-electron chi connectivity index (χ4n) is 4.79. The van der Waals surface area contributed by atoms with Crippen molar-refractivity contribution in [3.8, 4) is 5.75 Å². The van der Waals surface area contributed by atoms with Crippen molar-refractivity contribution in [2.75, 3.05) is 38.2 Å². The van der Waals surface area contributed by atoms with Gasteiger partial charge in [0.2, 0.25) is 5.91 Å². The molecule has 172 valence electrons. The van der Waals surface area contributed by atoms with Gasteiger partial charge in [0.05, 0.1) is 5.41 Å². The molecule has 0 bridgehead atoms. The predicted octanol–water partition coefficient (Wildman–Crippen LogP) is 5.28. The normalized spacial score (nSPS) is 21.1. The lowest BCUT2D eigenvalue weighted by Gasteiger charge is -2.36. The van der Waals surface area contributed by atoms with Crippen LogP contribution in [0.3, 0.4) is 0 Å². The monoisotopic (exact) mass is 456 g/mol. The number of likely N-dealkylation sites (tertiary alicyclic amines) is 1. The molecule has 2 saturated heterocycles. The standard InChI is InChI=1S/C26H33ClN2O3/c1-20-4-2-3-15-29(20)16-19-32-24-11-9-23(10-12-24)28-25(30)26(13-17-31-18-14-26)21-5-7-22(27)8-6-21/h5-12,20H,2-4,13-19H2,1H3,(H,28,30)/t20-/m1/s1. The quantitative estimate of drug-likeness (QED) is 0.615. The van der Waals surface area contributed by atoms with Gasteiger partial charge < -0.3 is 14.8 Å². The second-order valence-corrected chi connectivity index (χ2v) is 9.35. The molecule has 0 radical (unpaired) electrons. The third-order valence-corrected chi connectivity index (χ3v) is 7.13. The number of carbonyl (C=O) groups is 1. The predicted molar refractivity (Wildman–Crippen MR) is 129 cm³/mol. The van der Waals surface area contributed by atoms with E-state index in [-0.39, 0.29) is 5.91 Å². The first-order valence-electron chi connectivity index (χ1n) is 11.7. The number of nitrogens with zero attached hydrogens (tertiary/aromatic N) is 1. The molecule has 1 N–H and O–H groups in total. The first-order chi connectivity index (χ1) is 15.6. The SMILES string of the molecule is C[C@@H]1CCCCN1CCOc1ccc(NC(=O)C2(c3ccc(Cl)cc3)CCOCC2)cc1. The van der Waals surface area contributed by atoms with Gasteiger partial charge in [0.15, 0.2) is 0 Å². The molecule has 2 aromatic rings. The molecule has 6 heteroatoms. The van der Waals surface area contributed by atoms with E-state index in [2.05, 4.69) is 17.1 Å². The van der Waals surface area contributed by atoms with Crippen molar-refractivity contribution in [1.82, 2.24) is 4.90 Å². The van der Waals surface area contributed by atoms with E-state index >= 15 is 0 Å². The highest BCUT2D eigenvalue weighted by molar-refractivity contribution is 6.30. The number of carbonyl (C=O) groups excluding carboxylic acids is 1. The summed E-state index contributed by atoms with van der Waals surface area (Å²) in [5.74, 6) is 0.821. The molecule has 0 aromatic heterocycles. The van der Waals surface area contributed by atoms with E-state index < -0.39 is 5.41 Å². The Kier molecular flexibility index (Phi) is 7.71. The Bertz CT molecular complexity index is 879. The minimum absolute atomic E-state index is 0.00382. The van der Waals surface area contributed by atoms with Crippen molar-refractivity contribution in [2.45, 2.75) is 50.5 Å². The van der Waals surface area contributed by atoms with E-state index in [4.69, 9.17) is 21.1 Å². The van der Waals surface area contributed by atoms with Crippen LogP contribution in [-0.4, -0.2) is 49.8 Å². The lowest BCUT2D eigenvalue weighted by atomic mass is 9.73. The molecule has 1 atom stereocenters. The van der Waals surface area contributed by atoms with Gasteiger partial charge in [-0.25, -0.2) is 0 Å². The molecule has 2 aliphatic rings. The summed E-state index contributed by atoms with van der Waals surface area (Å²) in [4.78, 5) is 15.9. The molecular weight excluding hydrogens is 424 g/mol. The minimum Gasteiger partial charge on any atom is -0.492 e. The number of benzene rings is 2. The molecule has 0 unspecified atom stereocenters. The van der Waals surface area contributed by atoms with E-state index in [0.29, 0.717) is 43.7 Å². The second-order valence-electron chi connectivity index (χ2n) is 8.91. The van der Waals surface area contributed by atoms with Crippen LogP contribution in [0.15, 0.2) is 48.5 Å². The zero-order valence-electron chi connectivity index (χ0n) is 18.8. The number of hydrogen-bond acceptors (Lipinski definition) is 4. The van der Waals surface area contributed by atoms with Crippen LogP contribution in [-0.2, 0) is 14.9 Å². The molecule has 2 aromatic carbocycles. The van der Waals surface area contributed by atoms with Crippen LogP contribution >= 0.6 is 11.6 Å². The number of hydrogen-bond donors (Lipinski definition) is 1. The number of halogens is 1. The second kappa shape index (κ2) is 10.7. The van der Waals surface area contributed by atoms with E-state index in [1.54, 1.807) is 0 Å². The molecular formula is C26H33ClN2O3. The highest BCUT2D eigenvalue weighted by Crippen LogP contribution is 2.37. The summed E-state index contributed by atoms with van der Waals surface area (Å²) in [6, 6.07) is 15.9. The van der Waals surface area contributed by atoms with Crippen LogP contribution in [0.4, 0.5) is 5.69 Å².